The van der Waals surface area contributed by atoms with E-state index in [1.54, 1.807) is 24.7 Å². The van der Waals surface area contributed by atoms with Gasteiger partial charge in [-0.2, -0.15) is 0 Å². The molecule has 20 heavy (non-hydrogen) atoms. The number of rotatable bonds is 3. The summed E-state index contributed by atoms with van der Waals surface area (Å²) in [6.45, 7) is 3.02. The number of nitrogens with zero attached hydrogens (tertiary/aromatic N) is 3. The molecule has 2 aromatic heterocycles. The molecule has 3 heterocycles. The predicted octanol–water partition coefficient (Wildman–Crippen LogP) is 1.97. The van der Waals surface area contributed by atoms with Gasteiger partial charge in [-0.3, -0.25) is 4.79 Å². The highest BCUT2D eigenvalue weighted by Crippen LogP contribution is 2.33. The molecule has 0 bridgehead atoms. The van der Waals surface area contributed by atoms with Crippen LogP contribution < -0.4 is 10.2 Å². The molecule has 6 heteroatoms. The van der Waals surface area contributed by atoms with Crippen LogP contribution in [0, 0.1) is 0 Å². The van der Waals surface area contributed by atoms with Crippen LogP contribution >= 0.6 is 11.3 Å². The van der Waals surface area contributed by atoms with Gasteiger partial charge in [0.15, 0.2) is 0 Å². The lowest BCUT2D eigenvalue weighted by atomic mass is 10.2. The molecule has 1 amide bonds. The van der Waals surface area contributed by atoms with Crippen LogP contribution in [0.4, 0.5) is 5.82 Å². The topological polar surface area (TPSA) is 58.1 Å². The van der Waals surface area contributed by atoms with Crippen LogP contribution in [0.2, 0.25) is 0 Å². The fourth-order valence-electron chi connectivity index (χ4n) is 2.76. The third-order valence-electron chi connectivity index (χ3n) is 3.78. The van der Waals surface area contributed by atoms with Gasteiger partial charge in [0.1, 0.15) is 23.0 Å². The first-order valence-corrected chi connectivity index (χ1v) is 7.78. The Hall–Kier alpha value is -1.69. The summed E-state index contributed by atoms with van der Waals surface area (Å²) in [5, 5.41) is 3.82. The summed E-state index contributed by atoms with van der Waals surface area (Å²) in [4.78, 5) is 25.2. The van der Waals surface area contributed by atoms with Crippen molar-refractivity contribution in [3.63, 3.8) is 0 Å². The number of amides is 1. The molecule has 1 aliphatic heterocycles. The number of anilines is 1. The van der Waals surface area contributed by atoms with Crippen LogP contribution in [0.25, 0.3) is 10.2 Å². The lowest BCUT2D eigenvalue weighted by Gasteiger charge is -2.24. The van der Waals surface area contributed by atoms with Gasteiger partial charge >= 0.3 is 0 Å². The Morgan fingerprint density at radius 2 is 2.40 bits per heavy atom. The van der Waals surface area contributed by atoms with Gasteiger partial charge < -0.3 is 10.2 Å². The maximum atomic E-state index is 12.0. The molecule has 0 radical (unpaired) electrons. The standard InChI is InChI=1S/C14H18N4OS/c1-3-9-7-10-12(16-8-17-14(10)20-9)18-6-4-5-11(18)13(19)15-2/h7-8,11H,3-6H2,1-2H3,(H,15,19)/t11-/m1/s1. The highest BCUT2D eigenvalue weighted by Gasteiger charge is 2.32. The summed E-state index contributed by atoms with van der Waals surface area (Å²) in [6, 6.07) is 2.05. The molecule has 1 saturated heterocycles. The highest BCUT2D eigenvalue weighted by atomic mass is 32.1. The SMILES string of the molecule is CCc1cc2c(N3CCC[C@@H]3C(=O)NC)ncnc2s1. The van der Waals surface area contributed by atoms with Gasteiger partial charge in [-0.05, 0) is 25.3 Å². The molecule has 1 N–H and O–H groups in total. The molecule has 0 unspecified atom stereocenters. The van der Waals surface area contributed by atoms with E-state index in [0.29, 0.717) is 0 Å². The molecule has 2 aromatic rings. The minimum Gasteiger partial charge on any atom is -0.357 e. The van der Waals surface area contributed by atoms with Gasteiger partial charge in [0.2, 0.25) is 5.91 Å². The third kappa shape index (κ3) is 2.14. The average Bonchev–Trinajstić information content (AvgIpc) is 3.11. The number of thiophene rings is 1. The fourth-order valence-corrected chi connectivity index (χ4v) is 3.68. The number of fused-ring (bicyclic) bond motifs is 1. The van der Waals surface area contributed by atoms with Crippen LogP contribution in [-0.2, 0) is 11.2 Å². The smallest absolute Gasteiger partial charge is 0.242 e. The lowest BCUT2D eigenvalue weighted by molar-refractivity contribution is -0.121. The van der Waals surface area contributed by atoms with Gasteiger partial charge in [0.05, 0.1) is 5.39 Å². The minimum absolute atomic E-state index is 0.0696. The van der Waals surface area contributed by atoms with Gasteiger partial charge in [-0.25, -0.2) is 9.97 Å². The molecular formula is C14H18N4OS. The summed E-state index contributed by atoms with van der Waals surface area (Å²) in [6.07, 6.45) is 4.51. The second-order valence-corrected chi connectivity index (χ2v) is 6.06. The van der Waals surface area contributed by atoms with Crippen molar-refractivity contribution in [3.8, 4) is 0 Å². The third-order valence-corrected chi connectivity index (χ3v) is 4.97. The van der Waals surface area contributed by atoms with Crippen molar-refractivity contribution in [2.24, 2.45) is 0 Å². The lowest BCUT2D eigenvalue weighted by Crippen LogP contribution is -2.42. The van der Waals surface area contributed by atoms with Crippen molar-refractivity contribution in [2.75, 3.05) is 18.5 Å². The molecule has 0 saturated carbocycles. The Labute approximate surface area is 122 Å². The minimum atomic E-state index is -0.108. The number of hydrogen-bond acceptors (Lipinski definition) is 5. The number of likely N-dealkylation sites (N-methyl/N-ethyl adjacent to an activating group) is 1. The molecule has 0 spiro atoms. The number of carbonyl (C=O) groups excluding carboxylic acids is 1. The number of aromatic nitrogens is 2. The largest absolute Gasteiger partial charge is 0.357 e. The second-order valence-electron chi connectivity index (χ2n) is 4.95. The summed E-state index contributed by atoms with van der Waals surface area (Å²) in [5.41, 5.74) is 0. The van der Waals surface area contributed by atoms with Crippen molar-refractivity contribution in [3.05, 3.63) is 17.3 Å². The molecular weight excluding hydrogens is 272 g/mol. The van der Waals surface area contributed by atoms with E-state index in [0.717, 1.165) is 41.8 Å². The van der Waals surface area contributed by atoms with Crippen LogP contribution in [-0.4, -0.2) is 35.5 Å². The quantitative estimate of drug-likeness (QED) is 0.939. The zero-order valence-electron chi connectivity index (χ0n) is 11.7. The van der Waals surface area contributed by atoms with E-state index in [9.17, 15) is 4.79 Å². The van der Waals surface area contributed by atoms with Gasteiger partial charge in [-0.15, -0.1) is 11.3 Å². The number of nitrogens with one attached hydrogen (secondary N) is 1. The van der Waals surface area contributed by atoms with Crippen molar-refractivity contribution in [1.82, 2.24) is 15.3 Å². The van der Waals surface area contributed by atoms with E-state index in [1.807, 2.05) is 0 Å². The van der Waals surface area contributed by atoms with Crippen LogP contribution in [0.1, 0.15) is 24.6 Å². The maximum absolute atomic E-state index is 12.0. The first-order valence-electron chi connectivity index (χ1n) is 6.96. The highest BCUT2D eigenvalue weighted by molar-refractivity contribution is 7.18. The summed E-state index contributed by atoms with van der Waals surface area (Å²) in [7, 11) is 1.69. The Morgan fingerprint density at radius 1 is 1.55 bits per heavy atom. The molecule has 5 nitrogen and oxygen atoms in total. The number of hydrogen-bond donors (Lipinski definition) is 1. The van der Waals surface area contributed by atoms with Crippen LogP contribution in [0.3, 0.4) is 0 Å². The molecule has 1 fully saturated rings. The van der Waals surface area contributed by atoms with E-state index in [-0.39, 0.29) is 11.9 Å². The molecule has 1 aliphatic rings. The van der Waals surface area contributed by atoms with E-state index in [2.05, 4.69) is 33.2 Å². The van der Waals surface area contributed by atoms with Crippen LogP contribution in [0.5, 0.6) is 0 Å². The zero-order valence-corrected chi connectivity index (χ0v) is 12.5. The molecule has 106 valence electrons. The number of carbonyl (C=O) groups is 1. The molecule has 0 aliphatic carbocycles. The maximum Gasteiger partial charge on any atom is 0.242 e. The Morgan fingerprint density at radius 3 is 3.15 bits per heavy atom. The van der Waals surface area contributed by atoms with Gasteiger partial charge in [0, 0.05) is 18.5 Å². The monoisotopic (exact) mass is 290 g/mol. The van der Waals surface area contributed by atoms with Crippen LogP contribution in [0.15, 0.2) is 12.4 Å². The van der Waals surface area contributed by atoms with E-state index in [1.165, 1.54) is 4.88 Å². The zero-order chi connectivity index (χ0) is 14.1. The van der Waals surface area contributed by atoms with E-state index < -0.39 is 0 Å². The molecule has 3 rings (SSSR count). The summed E-state index contributed by atoms with van der Waals surface area (Å²) in [5.74, 6) is 0.970. The van der Waals surface area contributed by atoms with E-state index >= 15 is 0 Å². The summed E-state index contributed by atoms with van der Waals surface area (Å²) >= 11 is 1.71. The Bertz CT molecular complexity index is 639. The second kappa shape index (κ2) is 5.36. The summed E-state index contributed by atoms with van der Waals surface area (Å²) < 4.78 is 0. The van der Waals surface area contributed by atoms with Gasteiger partial charge in [-0.1, -0.05) is 6.92 Å². The van der Waals surface area contributed by atoms with Crippen molar-refractivity contribution in [1.29, 1.82) is 0 Å². The first kappa shape index (κ1) is 13.3. The predicted molar refractivity (Wildman–Crippen MR) is 81.2 cm³/mol. The van der Waals surface area contributed by atoms with Crippen molar-refractivity contribution < 1.29 is 4.79 Å². The molecule has 1 atom stereocenters. The Kier molecular flexibility index (Phi) is 3.56. The Balaban J connectivity index is 2.04. The average molecular weight is 290 g/mol. The fraction of sp³-hybridized carbons (Fsp3) is 0.500. The normalized spacial score (nSPS) is 18.7. The number of aryl methyl sites for hydroxylation is 1. The van der Waals surface area contributed by atoms with E-state index in [4.69, 9.17) is 0 Å². The van der Waals surface area contributed by atoms with Gasteiger partial charge in [0.25, 0.3) is 0 Å². The molecule has 0 aromatic carbocycles. The van der Waals surface area contributed by atoms with Crippen molar-refractivity contribution in [2.45, 2.75) is 32.2 Å². The first-order chi connectivity index (χ1) is 9.74. The van der Waals surface area contributed by atoms with Crippen molar-refractivity contribution >= 4 is 33.3 Å².